The van der Waals surface area contributed by atoms with Crippen molar-refractivity contribution in [1.29, 1.82) is 0 Å². The van der Waals surface area contributed by atoms with Gasteiger partial charge >= 0.3 is 0 Å². The Bertz CT molecular complexity index is 1210. The van der Waals surface area contributed by atoms with E-state index in [0.29, 0.717) is 17.0 Å². The number of hydrogen-bond acceptors (Lipinski definition) is 5. The number of carbonyl (C=O) groups is 1. The standard InChI is InChI=1S/C22H25N5O3S/c28-21(15-6-7-15)26-22-24-19(18-12-13-23-20(18)25-22)14-8-10-16(11-9-14)27-31(29,30)17-4-2-1-3-5-17/h8-13,15,17,27H,1-7H2,(H2,23,24,25,26,28). The summed E-state index contributed by atoms with van der Waals surface area (Å²) in [5.74, 6) is 0.274. The average Bonchev–Trinajstić information content (AvgIpc) is 3.52. The first-order valence-corrected chi connectivity index (χ1v) is 12.3. The number of benzene rings is 1. The Hall–Kier alpha value is -2.94. The van der Waals surface area contributed by atoms with E-state index in [1.807, 2.05) is 18.2 Å². The number of sulfonamides is 1. The lowest BCUT2D eigenvalue weighted by molar-refractivity contribution is -0.117. The van der Waals surface area contributed by atoms with E-state index >= 15 is 0 Å². The van der Waals surface area contributed by atoms with Gasteiger partial charge in [-0.1, -0.05) is 31.4 Å². The Labute approximate surface area is 180 Å². The molecule has 0 bridgehead atoms. The highest BCUT2D eigenvalue weighted by atomic mass is 32.2. The van der Waals surface area contributed by atoms with Crippen LogP contribution >= 0.6 is 0 Å². The minimum atomic E-state index is -3.39. The third-order valence-electron chi connectivity index (χ3n) is 6.01. The number of fused-ring (bicyclic) bond motifs is 1. The molecular formula is C22H25N5O3S. The predicted octanol–water partition coefficient (Wildman–Crippen LogP) is 4.05. The summed E-state index contributed by atoms with van der Waals surface area (Å²) in [6, 6.07) is 9.05. The van der Waals surface area contributed by atoms with Crippen molar-refractivity contribution < 1.29 is 13.2 Å². The summed E-state index contributed by atoms with van der Waals surface area (Å²) < 4.78 is 28.1. The van der Waals surface area contributed by atoms with Crippen molar-refractivity contribution >= 4 is 38.6 Å². The maximum Gasteiger partial charge on any atom is 0.235 e. The van der Waals surface area contributed by atoms with Crippen molar-refractivity contribution in [3.8, 4) is 11.3 Å². The van der Waals surface area contributed by atoms with Crippen molar-refractivity contribution in [3.05, 3.63) is 36.5 Å². The molecule has 3 N–H and O–H groups in total. The Morgan fingerprint density at radius 1 is 0.968 bits per heavy atom. The van der Waals surface area contributed by atoms with Gasteiger partial charge in [-0.15, -0.1) is 0 Å². The molecule has 2 aliphatic carbocycles. The number of hydrogen-bond donors (Lipinski definition) is 3. The number of aromatic amines is 1. The number of H-pyrrole nitrogens is 1. The number of aromatic nitrogens is 3. The Balaban J connectivity index is 1.40. The number of carbonyl (C=O) groups excluding carboxylic acids is 1. The van der Waals surface area contributed by atoms with E-state index in [0.717, 1.165) is 55.9 Å². The Morgan fingerprint density at radius 2 is 1.71 bits per heavy atom. The maximum atomic E-state index is 12.7. The van der Waals surface area contributed by atoms with Crippen LogP contribution in [0.25, 0.3) is 22.3 Å². The van der Waals surface area contributed by atoms with Crippen molar-refractivity contribution in [3.63, 3.8) is 0 Å². The van der Waals surface area contributed by atoms with Gasteiger partial charge in [-0.05, 0) is 43.9 Å². The first-order valence-electron chi connectivity index (χ1n) is 10.8. The van der Waals surface area contributed by atoms with Crippen LogP contribution in [-0.2, 0) is 14.8 Å². The molecule has 0 aliphatic heterocycles. The van der Waals surface area contributed by atoms with Crippen LogP contribution in [0, 0.1) is 5.92 Å². The quantitative estimate of drug-likeness (QED) is 0.536. The highest BCUT2D eigenvalue weighted by Gasteiger charge is 2.30. The van der Waals surface area contributed by atoms with Crippen LogP contribution in [0.15, 0.2) is 36.5 Å². The molecule has 2 saturated carbocycles. The SMILES string of the molecule is O=C(Nc1nc(-c2ccc(NS(=O)(=O)C3CCCCC3)cc2)c2cc[nH]c2n1)C1CC1. The zero-order chi connectivity index (χ0) is 21.4. The molecular weight excluding hydrogens is 414 g/mol. The molecule has 3 aromatic rings. The second kappa shape index (κ2) is 7.96. The molecule has 2 heterocycles. The van der Waals surface area contributed by atoms with Crippen LogP contribution in [-0.4, -0.2) is 34.5 Å². The van der Waals surface area contributed by atoms with Gasteiger partial charge in [-0.3, -0.25) is 14.8 Å². The molecule has 1 amide bonds. The lowest BCUT2D eigenvalue weighted by Gasteiger charge is -2.22. The summed E-state index contributed by atoms with van der Waals surface area (Å²) in [4.78, 5) is 24.2. The van der Waals surface area contributed by atoms with Gasteiger partial charge in [0.1, 0.15) is 5.65 Å². The molecule has 162 valence electrons. The number of rotatable bonds is 6. The molecule has 31 heavy (non-hydrogen) atoms. The second-order valence-corrected chi connectivity index (χ2v) is 10.3. The molecule has 0 radical (unpaired) electrons. The summed E-state index contributed by atoms with van der Waals surface area (Å²) in [6.07, 6.45) is 8.06. The third-order valence-corrected chi connectivity index (χ3v) is 7.88. The summed E-state index contributed by atoms with van der Waals surface area (Å²) >= 11 is 0. The largest absolute Gasteiger partial charge is 0.346 e. The summed E-state index contributed by atoms with van der Waals surface area (Å²) in [6.45, 7) is 0. The highest BCUT2D eigenvalue weighted by molar-refractivity contribution is 7.93. The first kappa shape index (κ1) is 20.0. The first-order chi connectivity index (χ1) is 15.0. The highest BCUT2D eigenvalue weighted by Crippen LogP contribution is 2.32. The topological polar surface area (TPSA) is 117 Å². The van der Waals surface area contributed by atoms with Crippen LogP contribution in [0.3, 0.4) is 0 Å². The maximum absolute atomic E-state index is 12.7. The summed E-state index contributed by atoms with van der Waals surface area (Å²) in [7, 11) is -3.39. The summed E-state index contributed by atoms with van der Waals surface area (Å²) in [5.41, 5.74) is 2.67. The Kier molecular flexibility index (Phi) is 5.13. The van der Waals surface area contributed by atoms with Crippen LogP contribution in [0.4, 0.5) is 11.6 Å². The molecule has 0 saturated heterocycles. The average molecular weight is 440 g/mol. The minimum Gasteiger partial charge on any atom is -0.346 e. The van der Waals surface area contributed by atoms with E-state index in [4.69, 9.17) is 0 Å². The molecule has 9 heteroatoms. The van der Waals surface area contributed by atoms with Crippen molar-refractivity contribution in [2.75, 3.05) is 10.0 Å². The monoisotopic (exact) mass is 439 g/mol. The number of nitrogens with zero attached hydrogens (tertiary/aromatic N) is 2. The molecule has 2 aromatic heterocycles. The fourth-order valence-electron chi connectivity index (χ4n) is 4.09. The van der Waals surface area contributed by atoms with Gasteiger partial charge < -0.3 is 4.98 Å². The van der Waals surface area contributed by atoms with Crippen molar-refractivity contribution in [1.82, 2.24) is 15.0 Å². The molecule has 0 atom stereocenters. The van der Waals surface area contributed by atoms with Crippen molar-refractivity contribution in [2.24, 2.45) is 5.92 Å². The van der Waals surface area contributed by atoms with Crippen molar-refractivity contribution in [2.45, 2.75) is 50.2 Å². The van der Waals surface area contributed by atoms with Gasteiger partial charge in [0.25, 0.3) is 0 Å². The Morgan fingerprint density at radius 3 is 2.42 bits per heavy atom. The predicted molar refractivity (Wildman–Crippen MR) is 120 cm³/mol. The van der Waals surface area contributed by atoms with Gasteiger partial charge in [0.15, 0.2) is 0 Å². The fraction of sp³-hybridized carbons (Fsp3) is 0.409. The van der Waals surface area contributed by atoms with E-state index in [1.54, 1.807) is 18.3 Å². The molecule has 8 nitrogen and oxygen atoms in total. The molecule has 2 fully saturated rings. The molecule has 1 aromatic carbocycles. The van der Waals surface area contributed by atoms with Crippen LogP contribution in [0.2, 0.25) is 0 Å². The minimum absolute atomic E-state index is 0.0516. The lowest BCUT2D eigenvalue weighted by atomic mass is 10.0. The van der Waals surface area contributed by atoms with Crippen LogP contribution < -0.4 is 10.0 Å². The lowest BCUT2D eigenvalue weighted by Crippen LogP contribution is -2.29. The fourth-order valence-corrected chi connectivity index (χ4v) is 5.68. The molecule has 2 aliphatic rings. The van der Waals surface area contributed by atoms with Gasteiger partial charge in [-0.2, -0.15) is 4.98 Å². The molecule has 5 rings (SSSR count). The molecule has 0 unspecified atom stereocenters. The van der Waals surface area contributed by atoms with E-state index in [9.17, 15) is 13.2 Å². The van der Waals surface area contributed by atoms with E-state index < -0.39 is 10.0 Å². The third kappa shape index (κ3) is 4.27. The number of anilines is 2. The van der Waals surface area contributed by atoms with Gasteiger partial charge in [0, 0.05) is 28.8 Å². The number of nitrogens with one attached hydrogen (secondary N) is 3. The zero-order valence-corrected chi connectivity index (χ0v) is 17.9. The molecule has 0 spiro atoms. The zero-order valence-electron chi connectivity index (χ0n) is 17.1. The summed E-state index contributed by atoms with van der Waals surface area (Å²) in [5, 5.41) is 3.32. The van der Waals surface area contributed by atoms with E-state index in [-0.39, 0.29) is 23.0 Å². The second-order valence-electron chi connectivity index (χ2n) is 8.38. The van der Waals surface area contributed by atoms with Gasteiger partial charge in [-0.25, -0.2) is 13.4 Å². The smallest absolute Gasteiger partial charge is 0.235 e. The van der Waals surface area contributed by atoms with Crippen LogP contribution in [0.5, 0.6) is 0 Å². The van der Waals surface area contributed by atoms with E-state index in [2.05, 4.69) is 25.0 Å². The number of amides is 1. The van der Waals surface area contributed by atoms with E-state index in [1.165, 1.54) is 0 Å². The van der Waals surface area contributed by atoms with Gasteiger partial charge in [0.05, 0.1) is 10.9 Å². The van der Waals surface area contributed by atoms with Crippen LogP contribution in [0.1, 0.15) is 44.9 Å². The van der Waals surface area contributed by atoms with Gasteiger partial charge in [0.2, 0.25) is 21.9 Å². The normalized spacial score (nSPS) is 17.5.